The Labute approximate surface area is 146 Å². The van der Waals surface area contributed by atoms with E-state index in [0.717, 1.165) is 17.1 Å². The normalized spacial score (nSPS) is 11.3. The second-order valence-corrected chi connectivity index (χ2v) is 6.32. The lowest BCUT2D eigenvalue weighted by Crippen LogP contribution is -2.41. The number of carbonyl (C=O) groups is 1. The van der Waals surface area contributed by atoms with E-state index in [-0.39, 0.29) is 5.91 Å². The molecule has 0 aliphatic rings. The second kappa shape index (κ2) is 7.25. The third kappa shape index (κ3) is 3.91. The SMILES string of the molecule is CC(C)(C(=O)NCCc1nc(-c2ccccc2)n[nH]1)c1ccccn1. The first-order valence-electron chi connectivity index (χ1n) is 8.24. The molecule has 0 saturated heterocycles. The average Bonchev–Trinajstić information content (AvgIpc) is 3.12. The first kappa shape index (κ1) is 16.8. The Kier molecular flexibility index (Phi) is 4.88. The zero-order valence-electron chi connectivity index (χ0n) is 14.4. The van der Waals surface area contributed by atoms with Crippen LogP contribution in [0.2, 0.25) is 0 Å². The molecule has 2 N–H and O–H groups in total. The predicted molar refractivity (Wildman–Crippen MR) is 95.8 cm³/mol. The lowest BCUT2D eigenvalue weighted by atomic mass is 9.87. The van der Waals surface area contributed by atoms with E-state index in [1.54, 1.807) is 6.20 Å². The molecule has 3 rings (SSSR count). The highest BCUT2D eigenvalue weighted by atomic mass is 16.2. The predicted octanol–water partition coefficient (Wildman–Crippen LogP) is 2.50. The fourth-order valence-electron chi connectivity index (χ4n) is 2.49. The van der Waals surface area contributed by atoms with Gasteiger partial charge in [0.2, 0.25) is 5.91 Å². The van der Waals surface area contributed by atoms with Gasteiger partial charge in [-0.2, -0.15) is 5.10 Å². The maximum Gasteiger partial charge on any atom is 0.231 e. The number of aromatic amines is 1. The summed E-state index contributed by atoms with van der Waals surface area (Å²) in [7, 11) is 0. The molecule has 0 radical (unpaired) electrons. The van der Waals surface area contributed by atoms with Crippen molar-refractivity contribution in [2.75, 3.05) is 6.54 Å². The van der Waals surface area contributed by atoms with E-state index in [4.69, 9.17) is 0 Å². The van der Waals surface area contributed by atoms with Crippen LogP contribution in [0, 0.1) is 0 Å². The summed E-state index contributed by atoms with van der Waals surface area (Å²) < 4.78 is 0. The van der Waals surface area contributed by atoms with Gasteiger partial charge < -0.3 is 5.32 Å². The number of aromatic nitrogens is 4. The summed E-state index contributed by atoms with van der Waals surface area (Å²) in [5.74, 6) is 1.35. The number of carbonyl (C=O) groups excluding carboxylic acids is 1. The Bertz CT molecular complexity index is 827. The summed E-state index contributed by atoms with van der Waals surface area (Å²) in [5.41, 5.74) is 1.03. The number of pyridine rings is 1. The van der Waals surface area contributed by atoms with E-state index >= 15 is 0 Å². The van der Waals surface area contributed by atoms with Crippen LogP contribution >= 0.6 is 0 Å². The number of rotatable bonds is 6. The summed E-state index contributed by atoms with van der Waals surface area (Å²) in [6.07, 6.45) is 2.29. The van der Waals surface area contributed by atoms with Crippen LogP contribution in [0.4, 0.5) is 0 Å². The molecule has 3 aromatic rings. The molecular formula is C19H21N5O. The zero-order chi connectivity index (χ0) is 17.7. The van der Waals surface area contributed by atoms with Crippen LogP contribution in [0.25, 0.3) is 11.4 Å². The molecule has 1 aromatic carbocycles. The summed E-state index contributed by atoms with van der Waals surface area (Å²) in [6.45, 7) is 4.22. The molecular weight excluding hydrogens is 314 g/mol. The van der Waals surface area contributed by atoms with Gasteiger partial charge in [0.15, 0.2) is 5.82 Å². The van der Waals surface area contributed by atoms with Crippen molar-refractivity contribution in [3.8, 4) is 11.4 Å². The van der Waals surface area contributed by atoms with Crippen molar-refractivity contribution < 1.29 is 4.79 Å². The second-order valence-electron chi connectivity index (χ2n) is 6.32. The molecule has 0 bridgehead atoms. The summed E-state index contributed by atoms with van der Waals surface area (Å²) >= 11 is 0. The third-order valence-corrected chi connectivity index (χ3v) is 4.08. The highest BCUT2D eigenvalue weighted by Gasteiger charge is 2.30. The standard InChI is InChI=1S/C19H21N5O/c1-19(2,15-10-6-7-12-20-15)18(25)21-13-11-16-22-17(24-23-16)14-8-4-3-5-9-14/h3-10,12H,11,13H2,1-2H3,(H,21,25)(H,22,23,24). The van der Waals surface area contributed by atoms with Gasteiger partial charge in [0.1, 0.15) is 5.82 Å². The van der Waals surface area contributed by atoms with Crippen molar-refractivity contribution in [3.05, 3.63) is 66.2 Å². The third-order valence-electron chi connectivity index (χ3n) is 4.08. The van der Waals surface area contributed by atoms with Crippen LogP contribution in [0.1, 0.15) is 25.4 Å². The van der Waals surface area contributed by atoms with Gasteiger partial charge in [-0.05, 0) is 26.0 Å². The molecule has 2 aromatic heterocycles. The first-order valence-corrected chi connectivity index (χ1v) is 8.24. The molecule has 6 nitrogen and oxygen atoms in total. The van der Waals surface area contributed by atoms with Gasteiger partial charge in [-0.3, -0.25) is 14.9 Å². The van der Waals surface area contributed by atoms with Crippen molar-refractivity contribution >= 4 is 5.91 Å². The molecule has 0 aliphatic carbocycles. The molecule has 0 saturated carbocycles. The van der Waals surface area contributed by atoms with Gasteiger partial charge in [-0.25, -0.2) is 4.98 Å². The maximum atomic E-state index is 12.5. The van der Waals surface area contributed by atoms with Crippen LogP contribution < -0.4 is 5.32 Å². The minimum atomic E-state index is -0.683. The van der Waals surface area contributed by atoms with Crippen molar-refractivity contribution in [2.24, 2.45) is 0 Å². The molecule has 0 unspecified atom stereocenters. The molecule has 0 spiro atoms. The van der Waals surface area contributed by atoms with Crippen molar-refractivity contribution in [2.45, 2.75) is 25.7 Å². The van der Waals surface area contributed by atoms with Crippen molar-refractivity contribution in [1.82, 2.24) is 25.5 Å². The van der Waals surface area contributed by atoms with E-state index in [1.807, 2.05) is 62.4 Å². The summed E-state index contributed by atoms with van der Waals surface area (Å²) in [4.78, 5) is 21.2. The first-order chi connectivity index (χ1) is 12.1. The number of H-pyrrole nitrogens is 1. The van der Waals surface area contributed by atoms with Gasteiger partial charge >= 0.3 is 0 Å². The Morgan fingerprint density at radius 2 is 1.88 bits per heavy atom. The van der Waals surface area contributed by atoms with Gasteiger partial charge in [-0.15, -0.1) is 0 Å². The van der Waals surface area contributed by atoms with E-state index in [2.05, 4.69) is 25.5 Å². The number of nitrogens with one attached hydrogen (secondary N) is 2. The van der Waals surface area contributed by atoms with E-state index < -0.39 is 5.41 Å². The Morgan fingerprint density at radius 3 is 2.60 bits per heavy atom. The topological polar surface area (TPSA) is 83.6 Å². The lowest BCUT2D eigenvalue weighted by Gasteiger charge is -2.22. The van der Waals surface area contributed by atoms with Gasteiger partial charge in [0.05, 0.1) is 11.1 Å². The Balaban J connectivity index is 1.56. The van der Waals surface area contributed by atoms with Crippen molar-refractivity contribution in [3.63, 3.8) is 0 Å². The summed E-state index contributed by atoms with van der Waals surface area (Å²) in [6, 6.07) is 15.4. The highest BCUT2D eigenvalue weighted by molar-refractivity contribution is 5.86. The Morgan fingerprint density at radius 1 is 1.12 bits per heavy atom. The fraction of sp³-hybridized carbons (Fsp3) is 0.263. The summed E-state index contributed by atoms with van der Waals surface area (Å²) in [5, 5.41) is 10.1. The van der Waals surface area contributed by atoms with E-state index in [0.29, 0.717) is 18.8 Å². The van der Waals surface area contributed by atoms with E-state index in [9.17, 15) is 4.79 Å². The minimum absolute atomic E-state index is 0.0611. The number of nitrogens with zero attached hydrogens (tertiary/aromatic N) is 3. The minimum Gasteiger partial charge on any atom is -0.355 e. The largest absolute Gasteiger partial charge is 0.355 e. The maximum absolute atomic E-state index is 12.5. The van der Waals surface area contributed by atoms with E-state index in [1.165, 1.54) is 0 Å². The molecule has 6 heteroatoms. The highest BCUT2D eigenvalue weighted by Crippen LogP contribution is 2.20. The Hall–Kier alpha value is -3.02. The monoisotopic (exact) mass is 335 g/mol. The zero-order valence-corrected chi connectivity index (χ0v) is 14.4. The molecule has 128 valence electrons. The van der Waals surface area contributed by atoms with Crippen LogP contribution in [0.15, 0.2) is 54.7 Å². The van der Waals surface area contributed by atoms with Crippen molar-refractivity contribution in [1.29, 1.82) is 0 Å². The van der Waals surface area contributed by atoms with Crippen LogP contribution in [-0.2, 0) is 16.6 Å². The van der Waals surface area contributed by atoms with Gasteiger partial charge in [0, 0.05) is 24.7 Å². The average molecular weight is 335 g/mol. The number of hydrogen-bond acceptors (Lipinski definition) is 4. The molecule has 0 aliphatic heterocycles. The molecule has 25 heavy (non-hydrogen) atoms. The number of hydrogen-bond donors (Lipinski definition) is 2. The molecule has 1 amide bonds. The number of amides is 1. The molecule has 2 heterocycles. The molecule has 0 atom stereocenters. The fourth-order valence-corrected chi connectivity index (χ4v) is 2.49. The smallest absolute Gasteiger partial charge is 0.231 e. The van der Waals surface area contributed by atoms with Crippen LogP contribution in [0.5, 0.6) is 0 Å². The van der Waals surface area contributed by atoms with Gasteiger partial charge in [0.25, 0.3) is 0 Å². The van der Waals surface area contributed by atoms with Crippen LogP contribution in [-0.4, -0.2) is 32.6 Å². The quantitative estimate of drug-likeness (QED) is 0.725. The lowest BCUT2D eigenvalue weighted by molar-refractivity contribution is -0.125. The number of benzene rings is 1. The van der Waals surface area contributed by atoms with Gasteiger partial charge in [-0.1, -0.05) is 36.4 Å². The van der Waals surface area contributed by atoms with Crippen LogP contribution in [0.3, 0.4) is 0 Å². The molecule has 0 fully saturated rings.